The minimum atomic E-state index is 0.410. The molecule has 20 heavy (non-hydrogen) atoms. The van der Waals surface area contributed by atoms with Crippen LogP contribution in [0.25, 0.3) is 17.3 Å². The summed E-state index contributed by atoms with van der Waals surface area (Å²) in [6.07, 6.45) is 7.11. The molecular formula is C12H13N7O. The normalized spacial score (nSPS) is 10.7. The maximum atomic E-state index is 5.06. The van der Waals surface area contributed by atoms with Gasteiger partial charge in [-0.05, 0) is 12.5 Å². The lowest BCUT2D eigenvalue weighted by molar-refractivity contribution is 0.568. The summed E-state index contributed by atoms with van der Waals surface area (Å²) in [5.74, 6) is 1.44. The molecule has 0 atom stereocenters. The summed E-state index contributed by atoms with van der Waals surface area (Å²) in [5, 5.41) is 7.18. The van der Waals surface area contributed by atoms with Gasteiger partial charge in [0.15, 0.2) is 5.82 Å². The summed E-state index contributed by atoms with van der Waals surface area (Å²) < 4.78 is 6.55. The predicted octanol–water partition coefficient (Wildman–Crippen LogP) is 1.53. The van der Waals surface area contributed by atoms with Crippen molar-refractivity contribution in [3.05, 3.63) is 31.2 Å². The van der Waals surface area contributed by atoms with Crippen LogP contribution < -0.4 is 5.32 Å². The van der Waals surface area contributed by atoms with Gasteiger partial charge >= 0.3 is 0 Å². The van der Waals surface area contributed by atoms with Crippen LogP contribution in [0.15, 0.2) is 35.7 Å². The Morgan fingerprint density at radius 2 is 2.25 bits per heavy atom. The second-order valence-electron chi connectivity index (χ2n) is 4.06. The van der Waals surface area contributed by atoms with E-state index >= 15 is 0 Å². The van der Waals surface area contributed by atoms with E-state index in [2.05, 4.69) is 37.3 Å². The van der Waals surface area contributed by atoms with Crippen LogP contribution in [0.1, 0.15) is 13.3 Å². The van der Waals surface area contributed by atoms with E-state index in [1.165, 1.54) is 17.3 Å². The predicted molar refractivity (Wildman–Crippen MR) is 71.2 cm³/mol. The Morgan fingerprint density at radius 1 is 1.30 bits per heavy atom. The SMILES string of the molecule is CCCNc1nc(-c2ccoc2)nc(-n2cncn2)n1. The third kappa shape index (κ3) is 2.48. The Labute approximate surface area is 114 Å². The number of hydrogen-bond donors (Lipinski definition) is 1. The zero-order valence-electron chi connectivity index (χ0n) is 10.9. The number of aromatic nitrogens is 6. The van der Waals surface area contributed by atoms with Crippen molar-refractivity contribution < 1.29 is 4.42 Å². The molecule has 3 heterocycles. The Hall–Kier alpha value is -2.77. The Bertz CT molecular complexity index is 611. The van der Waals surface area contributed by atoms with Crippen LogP contribution >= 0.6 is 0 Å². The van der Waals surface area contributed by atoms with E-state index in [1.807, 2.05) is 0 Å². The molecule has 0 unspecified atom stereocenters. The minimum absolute atomic E-state index is 0.410. The monoisotopic (exact) mass is 271 g/mol. The van der Waals surface area contributed by atoms with Crippen LogP contribution in [0.4, 0.5) is 5.95 Å². The molecule has 3 aromatic rings. The van der Waals surface area contributed by atoms with Crippen molar-refractivity contribution in [3.8, 4) is 17.3 Å². The van der Waals surface area contributed by atoms with Gasteiger partial charge < -0.3 is 9.73 Å². The van der Waals surface area contributed by atoms with Gasteiger partial charge in [-0.25, -0.2) is 4.98 Å². The average Bonchev–Trinajstić information content (AvgIpc) is 3.17. The molecule has 8 nitrogen and oxygen atoms in total. The molecule has 0 saturated heterocycles. The molecule has 1 N–H and O–H groups in total. The molecule has 0 bridgehead atoms. The maximum Gasteiger partial charge on any atom is 0.257 e. The lowest BCUT2D eigenvalue weighted by Gasteiger charge is -2.06. The van der Waals surface area contributed by atoms with E-state index in [-0.39, 0.29) is 0 Å². The maximum absolute atomic E-state index is 5.06. The van der Waals surface area contributed by atoms with Gasteiger partial charge in [0.2, 0.25) is 5.95 Å². The number of anilines is 1. The molecule has 0 fully saturated rings. The van der Waals surface area contributed by atoms with Gasteiger partial charge in [0.05, 0.1) is 11.8 Å². The lowest BCUT2D eigenvalue weighted by atomic mass is 10.3. The van der Waals surface area contributed by atoms with Crippen molar-refractivity contribution in [2.24, 2.45) is 0 Å². The summed E-state index contributed by atoms with van der Waals surface area (Å²) in [5.41, 5.74) is 0.785. The van der Waals surface area contributed by atoms with Crippen molar-refractivity contribution in [1.29, 1.82) is 0 Å². The van der Waals surface area contributed by atoms with Gasteiger partial charge in [-0.2, -0.15) is 24.7 Å². The molecule has 102 valence electrons. The Kier molecular flexibility index (Phi) is 3.36. The van der Waals surface area contributed by atoms with Gasteiger partial charge in [-0.15, -0.1) is 0 Å². The molecule has 0 aliphatic rings. The molecular weight excluding hydrogens is 258 g/mol. The molecule has 3 aromatic heterocycles. The Morgan fingerprint density at radius 3 is 2.95 bits per heavy atom. The molecule has 0 radical (unpaired) electrons. The quantitative estimate of drug-likeness (QED) is 0.751. The smallest absolute Gasteiger partial charge is 0.257 e. The molecule has 0 saturated carbocycles. The Balaban J connectivity index is 2.03. The number of nitrogens with zero attached hydrogens (tertiary/aromatic N) is 6. The van der Waals surface area contributed by atoms with Crippen LogP contribution in [0.2, 0.25) is 0 Å². The molecule has 8 heteroatoms. The van der Waals surface area contributed by atoms with Gasteiger partial charge in [0.1, 0.15) is 18.9 Å². The number of nitrogens with one attached hydrogen (secondary N) is 1. The van der Waals surface area contributed by atoms with Crippen LogP contribution in [-0.2, 0) is 0 Å². The van der Waals surface area contributed by atoms with E-state index in [9.17, 15) is 0 Å². The van der Waals surface area contributed by atoms with Crippen molar-refractivity contribution in [2.45, 2.75) is 13.3 Å². The summed E-state index contributed by atoms with van der Waals surface area (Å²) in [4.78, 5) is 16.9. The van der Waals surface area contributed by atoms with E-state index in [0.29, 0.717) is 17.7 Å². The fourth-order valence-electron chi connectivity index (χ4n) is 1.62. The van der Waals surface area contributed by atoms with Crippen molar-refractivity contribution in [3.63, 3.8) is 0 Å². The highest BCUT2D eigenvalue weighted by Crippen LogP contribution is 2.17. The third-order valence-electron chi connectivity index (χ3n) is 2.56. The first kappa shape index (κ1) is 12.3. The molecule has 3 rings (SSSR count). The van der Waals surface area contributed by atoms with Crippen molar-refractivity contribution >= 4 is 5.95 Å². The third-order valence-corrected chi connectivity index (χ3v) is 2.56. The average molecular weight is 271 g/mol. The first-order valence-corrected chi connectivity index (χ1v) is 6.24. The highest BCUT2D eigenvalue weighted by Gasteiger charge is 2.11. The standard InChI is InChI=1S/C12H13N7O/c1-2-4-14-11-16-10(9-3-5-20-6-9)17-12(18-11)19-8-13-7-15-19/h3,5-8H,2,4H2,1H3,(H,14,16,17,18). The zero-order valence-corrected chi connectivity index (χ0v) is 10.9. The van der Waals surface area contributed by atoms with Gasteiger partial charge in [0, 0.05) is 6.54 Å². The molecule has 0 aromatic carbocycles. The number of hydrogen-bond acceptors (Lipinski definition) is 7. The summed E-state index contributed by atoms with van der Waals surface area (Å²) in [6.45, 7) is 2.86. The molecule has 0 aliphatic heterocycles. The van der Waals surface area contributed by atoms with Crippen LogP contribution in [-0.4, -0.2) is 36.3 Å². The number of rotatable bonds is 5. The highest BCUT2D eigenvalue weighted by molar-refractivity contribution is 5.54. The molecule has 0 spiro atoms. The van der Waals surface area contributed by atoms with E-state index in [1.54, 1.807) is 18.6 Å². The van der Waals surface area contributed by atoms with Crippen molar-refractivity contribution in [1.82, 2.24) is 29.7 Å². The van der Waals surface area contributed by atoms with E-state index < -0.39 is 0 Å². The lowest BCUT2D eigenvalue weighted by Crippen LogP contribution is -2.10. The molecule has 0 aliphatic carbocycles. The van der Waals surface area contributed by atoms with Crippen molar-refractivity contribution in [2.75, 3.05) is 11.9 Å². The molecule has 0 amide bonds. The first-order chi connectivity index (χ1) is 9.86. The fourth-order valence-corrected chi connectivity index (χ4v) is 1.62. The van der Waals surface area contributed by atoms with Gasteiger partial charge in [0.25, 0.3) is 5.95 Å². The number of furan rings is 1. The topological polar surface area (TPSA) is 94.6 Å². The van der Waals surface area contributed by atoms with Crippen LogP contribution in [0.5, 0.6) is 0 Å². The zero-order chi connectivity index (χ0) is 13.8. The van der Waals surface area contributed by atoms with Gasteiger partial charge in [-0.3, -0.25) is 0 Å². The van der Waals surface area contributed by atoms with E-state index in [0.717, 1.165) is 18.5 Å². The van der Waals surface area contributed by atoms with Crippen LogP contribution in [0.3, 0.4) is 0 Å². The van der Waals surface area contributed by atoms with Gasteiger partial charge in [-0.1, -0.05) is 6.92 Å². The summed E-state index contributed by atoms with van der Waals surface area (Å²) in [6, 6.07) is 1.80. The first-order valence-electron chi connectivity index (χ1n) is 6.24. The fraction of sp³-hybridized carbons (Fsp3) is 0.250. The second kappa shape index (κ2) is 5.47. The van der Waals surface area contributed by atoms with E-state index in [4.69, 9.17) is 4.42 Å². The second-order valence-corrected chi connectivity index (χ2v) is 4.06. The van der Waals surface area contributed by atoms with Crippen LogP contribution in [0, 0.1) is 0 Å². The summed E-state index contributed by atoms with van der Waals surface area (Å²) in [7, 11) is 0. The largest absolute Gasteiger partial charge is 0.472 e. The summed E-state index contributed by atoms with van der Waals surface area (Å²) >= 11 is 0. The highest BCUT2D eigenvalue weighted by atomic mass is 16.3. The minimum Gasteiger partial charge on any atom is -0.472 e.